The molecule has 3 heterocycles. The average Bonchev–Trinajstić information content (AvgIpc) is 3.30. The SMILES string of the molecule is CN(CCc1c2c(cc3c1OCC3)OCC2)C(=O)c1ccco1. The zero-order chi connectivity index (χ0) is 15.8. The number of hydrogen-bond acceptors (Lipinski definition) is 4. The fourth-order valence-electron chi connectivity index (χ4n) is 3.32. The van der Waals surface area contributed by atoms with Gasteiger partial charge >= 0.3 is 0 Å². The Morgan fingerprint density at radius 1 is 1.26 bits per heavy atom. The molecule has 1 aromatic carbocycles. The van der Waals surface area contributed by atoms with Crippen molar-refractivity contribution < 1.29 is 18.7 Å². The Kier molecular flexibility index (Phi) is 3.48. The van der Waals surface area contributed by atoms with Gasteiger partial charge in [-0.05, 0) is 24.6 Å². The number of furan rings is 1. The van der Waals surface area contributed by atoms with Crippen molar-refractivity contribution in [2.75, 3.05) is 26.8 Å². The molecule has 120 valence electrons. The molecule has 4 rings (SSSR count). The minimum absolute atomic E-state index is 0.101. The van der Waals surface area contributed by atoms with E-state index in [2.05, 4.69) is 6.07 Å². The van der Waals surface area contributed by atoms with Crippen LogP contribution in [0.3, 0.4) is 0 Å². The van der Waals surface area contributed by atoms with Crippen LogP contribution in [-0.2, 0) is 19.3 Å². The van der Waals surface area contributed by atoms with E-state index in [1.54, 1.807) is 24.1 Å². The summed E-state index contributed by atoms with van der Waals surface area (Å²) in [5, 5.41) is 0. The lowest BCUT2D eigenvalue weighted by Gasteiger charge is -2.18. The summed E-state index contributed by atoms with van der Waals surface area (Å²) in [5.41, 5.74) is 3.66. The fraction of sp³-hybridized carbons (Fsp3) is 0.389. The highest BCUT2D eigenvalue weighted by Crippen LogP contribution is 2.40. The second-order valence-electron chi connectivity index (χ2n) is 5.97. The summed E-state index contributed by atoms with van der Waals surface area (Å²) in [5.74, 6) is 2.27. The van der Waals surface area contributed by atoms with Gasteiger partial charge in [-0.25, -0.2) is 0 Å². The molecule has 5 nitrogen and oxygen atoms in total. The van der Waals surface area contributed by atoms with E-state index >= 15 is 0 Å². The largest absolute Gasteiger partial charge is 0.493 e. The molecule has 1 aromatic heterocycles. The van der Waals surface area contributed by atoms with Crippen molar-refractivity contribution in [1.82, 2.24) is 4.90 Å². The van der Waals surface area contributed by atoms with Gasteiger partial charge in [0.05, 0.1) is 19.5 Å². The van der Waals surface area contributed by atoms with Crippen molar-refractivity contribution in [2.24, 2.45) is 0 Å². The van der Waals surface area contributed by atoms with E-state index in [1.165, 1.54) is 23.0 Å². The van der Waals surface area contributed by atoms with Crippen LogP contribution >= 0.6 is 0 Å². The Bertz CT molecular complexity index is 704. The summed E-state index contributed by atoms with van der Waals surface area (Å²) in [6.07, 6.45) is 4.12. The van der Waals surface area contributed by atoms with Gasteiger partial charge in [-0.3, -0.25) is 4.79 Å². The Morgan fingerprint density at radius 2 is 2.13 bits per heavy atom. The third kappa shape index (κ3) is 2.46. The summed E-state index contributed by atoms with van der Waals surface area (Å²) >= 11 is 0. The monoisotopic (exact) mass is 313 g/mol. The van der Waals surface area contributed by atoms with Gasteiger partial charge in [0.2, 0.25) is 0 Å². The molecule has 0 fully saturated rings. The van der Waals surface area contributed by atoms with Crippen LogP contribution in [0.25, 0.3) is 0 Å². The van der Waals surface area contributed by atoms with Crippen LogP contribution in [0.2, 0.25) is 0 Å². The molecule has 0 radical (unpaired) electrons. The van der Waals surface area contributed by atoms with Gasteiger partial charge < -0.3 is 18.8 Å². The third-order valence-corrected chi connectivity index (χ3v) is 4.54. The third-order valence-electron chi connectivity index (χ3n) is 4.54. The molecule has 23 heavy (non-hydrogen) atoms. The highest BCUT2D eigenvalue weighted by atomic mass is 16.5. The van der Waals surface area contributed by atoms with E-state index in [0.717, 1.165) is 44.0 Å². The average molecular weight is 313 g/mol. The molecule has 2 aliphatic heterocycles. The number of carbonyl (C=O) groups is 1. The minimum atomic E-state index is -0.101. The minimum Gasteiger partial charge on any atom is -0.493 e. The number of rotatable bonds is 4. The lowest BCUT2D eigenvalue weighted by Crippen LogP contribution is -2.28. The molecule has 0 saturated heterocycles. The van der Waals surface area contributed by atoms with E-state index < -0.39 is 0 Å². The molecule has 5 heteroatoms. The van der Waals surface area contributed by atoms with Crippen LogP contribution in [0.4, 0.5) is 0 Å². The van der Waals surface area contributed by atoms with Crippen LogP contribution in [0, 0.1) is 0 Å². The Morgan fingerprint density at radius 3 is 2.96 bits per heavy atom. The molecular weight excluding hydrogens is 294 g/mol. The summed E-state index contributed by atoms with van der Waals surface area (Å²) in [4.78, 5) is 14.0. The van der Waals surface area contributed by atoms with Crippen molar-refractivity contribution in [1.29, 1.82) is 0 Å². The summed E-state index contributed by atoms with van der Waals surface area (Å²) < 4.78 is 16.7. The van der Waals surface area contributed by atoms with E-state index in [4.69, 9.17) is 13.9 Å². The fourth-order valence-corrected chi connectivity index (χ4v) is 3.32. The number of benzene rings is 1. The highest BCUT2D eigenvalue weighted by Gasteiger charge is 2.26. The molecule has 2 aromatic rings. The lowest BCUT2D eigenvalue weighted by molar-refractivity contribution is 0.0765. The van der Waals surface area contributed by atoms with Crippen molar-refractivity contribution in [3.8, 4) is 11.5 Å². The van der Waals surface area contributed by atoms with Gasteiger partial charge in [0, 0.05) is 43.1 Å². The molecule has 0 spiro atoms. The van der Waals surface area contributed by atoms with Gasteiger partial charge in [0.15, 0.2) is 5.76 Å². The number of ether oxygens (including phenoxy) is 2. The maximum atomic E-state index is 12.3. The molecule has 0 aliphatic carbocycles. The molecule has 0 N–H and O–H groups in total. The summed E-state index contributed by atoms with van der Waals surface area (Å²) in [7, 11) is 1.80. The van der Waals surface area contributed by atoms with Gasteiger partial charge in [0.25, 0.3) is 5.91 Å². The molecular formula is C18H19NO4. The molecule has 0 saturated carbocycles. The van der Waals surface area contributed by atoms with Crippen LogP contribution in [0.15, 0.2) is 28.9 Å². The predicted molar refractivity (Wildman–Crippen MR) is 84.2 cm³/mol. The Balaban J connectivity index is 1.54. The van der Waals surface area contributed by atoms with E-state index in [9.17, 15) is 4.79 Å². The molecule has 2 aliphatic rings. The van der Waals surface area contributed by atoms with E-state index in [1.807, 2.05) is 0 Å². The number of fused-ring (bicyclic) bond motifs is 2. The first-order valence-electron chi connectivity index (χ1n) is 7.96. The van der Waals surface area contributed by atoms with Crippen molar-refractivity contribution >= 4 is 5.91 Å². The van der Waals surface area contributed by atoms with E-state index in [-0.39, 0.29) is 5.91 Å². The number of amides is 1. The highest BCUT2D eigenvalue weighted by molar-refractivity contribution is 5.91. The first-order valence-corrected chi connectivity index (χ1v) is 7.96. The second kappa shape index (κ2) is 5.65. The van der Waals surface area contributed by atoms with Crippen LogP contribution in [-0.4, -0.2) is 37.6 Å². The molecule has 0 unspecified atom stereocenters. The van der Waals surface area contributed by atoms with Gasteiger partial charge in [-0.15, -0.1) is 0 Å². The van der Waals surface area contributed by atoms with Crippen molar-refractivity contribution in [2.45, 2.75) is 19.3 Å². The standard InChI is InChI=1S/C18H19NO4/c1-19(18(20)15-3-2-8-21-15)7-4-14-13-6-10-22-16(13)11-12-5-9-23-17(12)14/h2-3,8,11H,4-7,9-10H2,1H3. The lowest BCUT2D eigenvalue weighted by atomic mass is 9.97. The molecule has 0 atom stereocenters. The van der Waals surface area contributed by atoms with Crippen LogP contribution in [0.1, 0.15) is 27.2 Å². The first kappa shape index (κ1) is 14.2. The normalized spacial score (nSPS) is 14.8. The predicted octanol–water partition coefficient (Wildman–Crippen LogP) is 2.46. The van der Waals surface area contributed by atoms with Crippen molar-refractivity contribution in [3.63, 3.8) is 0 Å². The Labute approximate surface area is 134 Å². The zero-order valence-electron chi connectivity index (χ0n) is 13.1. The number of nitrogens with zero attached hydrogens (tertiary/aromatic N) is 1. The maximum Gasteiger partial charge on any atom is 0.289 e. The van der Waals surface area contributed by atoms with Gasteiger partial charge in [-0.1, -0.05) is 0 Å². The molecule has 1 amide bonds. The van der Waals surface area contributed by atoms with Crippen LogP contribution < -0.4 is 9.47 Å². The Hall–Kier alpha value is -2.43. The smallest absolute Gasteiger partial charge is 0.289 e. The first-order chi connectivity index (χ1) is 11.2. The van der Waals surface area contributed by atoms with Crippen molar-refractivity contribution in [3.05, 3.63) is 46.9 Å². The summed E-state index contributed by atoms with van der Waals surface area (Å²) in [6, 6.07) is 5.53. The van der Waals surface area contributed by atoms with Crippen LogP contribution in [0.5, 0.6) is 11.5 Å². The summed E-state index contributed by atoms with van der Waals surface area (Å²) in [6.45, 7) is 2.07. The number of carbonyl (C=O) groups excluding carboxylic acids is 1. The quantitative estimate of drug-likeness (QED) is 0.870. The van der Waals surface area contributed by atoms with Gasteiger partial charge in [0.1, 0.15) is 11.5 Å². The number of likely N-dealkylation sites (N-methyl/N-ethyl adjacent to an activating group) is 1. The topological polar surface area (TPSA) is 51.9 Å². The van der Waals surface area contributed by atoms with Gasteiger partial charge in [-0.2, -0.15) is 0 Å². The zero-order valence-corrected chi connectivity index (χ0v) is 13.1. The van der Waals surface area contributed by atoms with E-state index in [0.29, 0.717) is 12.3 Å². The number of hydrogen-bond donors (Lipinski definition) is 0. The second-order valence-corrected chi connectivity index (χ2v) is 5.97. The molecule has 0 bridgehead atoms. The maximum absolute atomic E-state index is 12.3.